The third kappa shape index (κ3) is 1.49. The molecular formula is C18H10ClNS. The van der Waals surface area contributed by atoms with Crippen LogP contribution in [0.5, 0.6) is 0 Å². The maximum atomic E-state index is 6.21. The molecule has 0 radical (unpaired) electrons. The molecule has 0 saturated carbocycles. The molecule has 4 aromatic rings. The standard InChI is InChI=1S/C18H10ClNS/c19-11-8-9-14-13(10-11)12-4-3-7-17-18(12)20(14)15-5-1-2-6-16(15)21-17/h1-10H. The molecule has 21 heavy (non-hydrogen) atoms. The highest BCUT2D eigenvalue weighted by Crippen LogP contribution is 2.46. The molecule has 1 aliphatic rings. The topological polar surface area (TPSA) is 4.93 Å². The molecule has 0 spiro atoms. The zero-order valence-corrected chi connectivity index (χ0v) is 12.6. The van der Waals surface area contributed by atoms with Gasteiger partial charge in [0, 0.05) is 25.6 Å². The lowest BCUT2D eigenvalue weighted by Gasteiger charge is -2.19. The molecule has 1 aliphatic heterocycles. The lowest BCUT2D eigenvalue weighted by molar-refractivity contribution is 1.09. The zero-order chi connectivity index (χ0) is 14.0. The molecule has 0 bridgehead atoms. The minimum Gasteiger partial charge on any atom is -0.307 e. The molecular weight excluding hydrogens is 298 g/mol. The Kier molecular flexibility index (Phi) is 2.27. The van der Waals surface area contributed by atoms with Gasteiger partial charge < -0.3 is 4.57 Å². The van der Waals surface area contributed by atoms with Crippen molar-refractivity contribution in [2.75, 3.05) is 0 Å². The Balaban J connectivity index is 2.10. The number of benzene rings is 3. The molecule has 0 aliphatic carbocycles. The molecule has 0 amide bonds. The fourth-order valence-corrected chi connectivity index (χ4v) is 4.45. The van der Waals surface area contributed by atoms with E-state index in [2.05, 4.69) is 59.2 Å². The molecule has 1 nitrogen and oxygen atoms in total. The van der Waals surface area contributed by atoms with Crippen molar-refractivity contribution in [1.29, 1.82) is 0 Å². The minimum atomic E-state index is 0.784. The molecule has 0 saturated heterocycles. The lowest BCUT2D eigenvalue weighted by Crippen LogP contribution is -2.00. The smallest absolute Gasteiger partial charge is 0.0681 e. The second kappa shape index (κ2) is 4.06. The highest BCUT2D eigenvalue weighted by Gasteiger charge is 2.22. The van der Waals surface area contributed by atoms with Gasteiger partial charge in [0.1, 0.15) is 0 Å². The Bertz CT molecular complexity index is 1030. The molecule has 3 heteroatoms. The normalized spacial score (nSPS) is 12.8. The van der Waals surface area contributed by atoms with Gasteiger partial charge in [0.2, 0.25) is 0 Å². The summed E-state index contributed by atoms with van der Waals surface area (Å²) in [4.78, 5) is 2.60. The van der Waals surface area contributed by atoms with Gasteiger partial charge in [0.05, 0.1) is 16.7 Å². The molecule has 5 rings (SSSR count). The van der Waals surface area contributed by atoms with Crippen LogP contribution in [0.15, 0.2) is 70.5 Å². The first-order valence-electron chi connectivity index (χ1n) is 6.83. The van der Waals surface area contributed by atoms with E-state index in [4.69, 9.17) is 11.6 Å². The van der Waals surface area contributed by atoms with Crippen LogP contribution in [-0.2, 0) is 0 Å². The zero-order valence-electron chi connectivity index (χ0n) is 11.0. The maximum Gasteiger partial charge on any atom is 0.0681 e. The molecule has 3 aromatic carbocycles. The molecule has 0 fully saturated rings. The summed E-state index contributed by atoms with van der Waals surface area (Å²) in [7, 11) is 0. The Morgan fingerprint density at radius 2 is 1.67 bits per heavy atom. The number of halogens is 1. The summed E-state index contributed by atoms with van der Waals surface area (Å²) in [6, 6.07) is 21.2. The first-order chi connectivity index (χ1) is 10.3. The monoisotopic (exact) mass is 307 g/mol. The van der Waals surface area contributed by atoms with Crippen molar-refractivity contribution < 1.29 is 0 Å². The Morgan fingerprint density at radius 3 is 2.62 bits per heavy atom. The highest BCUT2D eigenvalue weighted by atomic mass is 35.5. The molecule has 0 N–H and O–H groups in total. The van der Waals surface area contributed by atoms with Gasteiger partial charge >= 0.3 is 0 Å². The number of hydrogen-bond donors (Lipinski definition) is 0. The Labute approximate surface area is 131 Å². The van der Waals surface area contributed by atoms with Crippen LogP contribution in [0.25, 0.3) is 27.5 Å². The maximum absolute atomic E-state index is 6.21. The lowest BCUT2D eigenvalue weighted by atomic mass is 10.1. The Morgan fingerprint density at radius 1 is 0.810 bits per heavy atom. The van der Waals surface area contributed by atoms with Crippen LogP contribution in [0.4, 0.5) is 0 Å². The SMILES string of the molecule is Clc1ccc2c(c1)c1cccc3c1n2-c1ccccc1S3. The third-order valence-corrected chi connectivity index (χ3v) is 5.39. The summed E-state index contributed by atoms with van der Waals surface area (Å²) < 4.78 is 2.36. The molecule has 2 heterocycles. The second-order valence-electron chi connectivity index (χ2n) is 5.22. The number of fused-ring (bicyclic) bond motifs is 5. The average molecular weight is 308 g/mol. The van der Waals surface area contributed by atoms with Crippen LogP contribution in [-0.4, -0.2) is 4.57 Å². The number of nitrogens with zero attached hydrogens (tertiary/aromatic N) is 1. The van der Waals surface area contributed by atoms with E-state index in [-0.39, 0.29) is 0 Å². The van der Waals surface area contributed by atoms with Crippen LogP contribution in [0, 0.1) is 0 Å². The van der Waals surface area contributed by atoms with Crippen molar-refractivity contribution in [2.45, 2.75) is 9.79 Å². The van der Waals surface area contributed by atoms with E-state index in [1.165, 1.54) is 37.3 Å². The summed E-state index contributed by atoms with van der Waals surface area (Å²) in [6.07, 6.45) is 0. The predicted molar refractivity (Wildman–Crippen MR) is 89.9 cm³/mol. The van der Waals surface area contributed by atoms with Gasteiger partial charge in [0.15, 0.2) is 0 Å². The van der Waals surface area contributed by atoms with E-state index in [0.29, 0.717) is 0 Å². The van der Waals surface area contributed by atoms with Crippen LogP contribution < -0.4 is 0 Å². The molecule has 100 valence electrons. The van der Waals surface area contributed by atoms with Crippen molar-refractivity contribution in [3.63, 3.8) is 0 Å². The van der Waals surface area contributed by atoms with Crippen LogP contribution in [0.2, 0.25) is 5.02 Å². The third-order valence-electron chi connectivity index (χ3n) is 4.04. The van der Waals surface area contributed by atoms with Crippen molar-refractivity contribution in [3.05, 3.63) is 65.7 Å². The summed E-state index contributed by atoms with van der Waals surface area (Å²) >= 11 is 8.05. The highest BCUT2D eigenvalue weighted by molar-refractivity contribution is 7.99. The van der Waals surface area contributed by atoms with Gasteiger partial charge in [-0.15, -0.1) is 0 Å². The van der Waals surface area contributed by atoms with Crippen LogP contribution in [0.1, 0.15) is 0 Å². The van der Waals surface area contributed by atoms with Gasteiger partial charge in [-0.05, 0) is 36.4 Å². The fourth-order valence-electron chi connectivity index (χ4n) is 3.19. The molecule has 1 aromatic heterocycles. The number of hydrogen-bond acceptors (Lipinski definition) is 1. The Hall–Kier alpha value is -1.90. The largest absolute Gasteiger partial charge is 0.307 e. The second-order valence-corrected chi connectivity index (χ2v) is 6.74. The van der Waals surface area contributed by atoms with E-state index in [1.54, 1.807) is 0 Å². The quantitative estimate of drug-likeness (QED) is 0.345. The summed E-state index contributed by atoms with van der Waals surface area (Å²) in [5, 5.41) is 3.27. The van der Waals surface area contributed by atoms with Gasteiger partial charge in [-0.25, -0.2) is 0 Å². The molecule has 0 atom stereocenters. The van der Waals surface area contributed by atoms with E-state index >= 15 is 0 Å². The van der Waals surface area contributed by atoms with Gasteiger partial charge in [-0.3, -0.25) is 0 Å². The van der Waals surface area contributed by atoms with Crippen molar-refractivity contribution in [1.82, 2.24) is 4.57 Å². The van der Waals surface area contributed by atoms with Crippen LogP contribution in [0.3, 0.4) is 0 Å². The van der Waals surface area contributed by atoms with Crippen LogP contribution >= 0.6 is 23.4 Å². The van der Waals surface area contributed by atoms with E-state index in [1.807, 2.05) is 17.8 Å². The fraction of sp³-hybridized carbons (Fsp3) is 0. The average Bonchev–Trinajstić information content (AvgIpc) is 2.84. The minimum absolute atomic E-state index is 0.784. The van der Waals surface area contributed by atoms with Crippen molar-refractivity contribution in [2.24, 2.45) is 0 Å². The van der Waals surface area contributed by atoms with Crippen molar-refractivity contribution in [3.8, 4) is 5.69 Å². The predicted octanol–water partition coefficient (Wildman–Crippen LogP) is 5.90. The first kappa shape index (κ1) is 11.7. The number of rotatable bonds is 0. The summed E-state index contributed by atoms with van der Waals surface area (Å²) in [6.45, 7) is 0. The van der Waals surface area contributed by atoms with Gasteiger partial charge in [0.25, 0.3) is 0 Å². The summed E-state index contributed by atoms with van der Waals surface area (Å²) in [5.41, 5.74) is 3.76. The van der Waals surface area contributed by atoms with E-state index in [0.717, 1.165) is 5.02 Å². The first-order valence-corrected chi connectivity index (χ1v) is 8.02. The van der Waals surface area contributed by atoms with Gasteiger partial charge in [-0.2, -0.15) is 0 Å². The number of aromatic nitrogens is 1. The van der Waals surface area contributed by atoms with Gasteiger partial charge in [-0.1, -0.05) is 47.6 Å². The van der Waals surface area contributed by atoms with Crippen molar-refractivity contribution >= 4 is 45.2 Å². The van der Waals surface area contributed by atoms with E-state index < -0.39 is 0 Å². The summed E-state index contributed by atoms with van der Waals surface area (Å²) in [5.74, 6) is 0. The van der Waals surface area contributed by atoms with E-state index in [9.17, 15) is 0 Å². The number of para-hydroxylation sites is 2. The molecule has 0 unspecified atom stereocenters.